The fraction of sp³-hybridized carbons (Fsp3) is 0.360. The quantitative estimate of drug-likeness (QED) is 0.418. The largest absolute Gasteiger partial charge is 0.496 e. The number of methoxy groups -OCH3 is 1. The zero-order valence-corrected chi connectivity index (χ0v) is 20.7. The Morgan fingerprint density at radius 1 is 1.21 bits per heavy atom. The molecule has 34 heavy (non-hydrogen) atoms. The third-order valence-electron chi connectivity index (χ3n) is 5.68. The maximum Gasteiger partial charge on any atom is 0.294 e. The van der Waals surface area contributed by atoms with Crippen LogP contribution in [0, 0.1) is 0 Å². The van der Waals surface area contributed by atoms with Crippen LogP contribution in [0.25, 0.3) is 6.08 Å². The van der Waals surface area contributed by atoms with Gasteiger partial charge in [0.05, 0.1) is 30.5 Å². The number of benzene rings is 2. The minimum Gasteiger partial charge on any atom is -0.496 e. The molecule has 2 aromatic rings. The van der Waals surface area contributed by atoms with Gasteiger partial charge in [-0.25, -0.2) is 0 Å². The van der Waals surface area contributed by atoms with Crippen LogP contribution in [-0.4, -0.2) is 69.8 Å². The topological polar surface area (TPSA) is 80.3 Å². The molecule has 0 aliphatic carbocycles. The van der Waals surface area contributed by atoms with Gasteiger partial charge >= 0.3 is 0 Å². The molecule has 0 spiro atoms. The van der Waals surface area contributed by atoms with Crippen molar-refractivity contribution in [2.75, 3.05) is 57.9 Å². The van der Waals surface area contributed by atoms with Crippen molar-refractivity contribution in [2.45, 2.75) is 6.42 Å². The summed E-state index contributed by atoms with van der Waals surface area (Å²) in [5, 5.41) is 2.93. The number of para-hydroxylation sites is 2. The van der Waals surface area contributed by atoms with E-state index in [0.29, 0.717) is 23.7 Å². The van der Waals surface area contributed by atoms with Crippen LogP contribution in [-0.2, 0) is 14.3 Å². The van der Waals surface area contributed by atoms with Gasteiger partial charge in [0.25, 0.3) is 5.91 Å². The average Bonchev–Trinajstić information content (AvgIpc) is 2.85. The van der Waals surface area contributed by atoms with Crippen molar-refractivity contribution in [3.63, 3.8) is 0 Å². The maximum atomic E-state index is 13.3. The summed E-state index contributed by atoms with van der Waals surface area (Å²) in [6.07, 6.45) is 2.51. The van der Waals surface area contributed by atoms with Gasteiger partial charge in [0.1, 0.15) is 12.3 Å². The molecule has 1 saturated heterocycles. The minimum absolute atomic E-state index is 0.0829. The number of hydrogen-bond acceptors (Lipinski definition) is 6. The van der Waals surface area contributed by atoms with E-state index in [2.05, 4.69) is 26.1 Å². The third kappa shape index (κ3) is 5.97. The SMILES string of the molecule is COc1ccc(/C=C2\Oc3ccccc3N(CC(=O)NCCCN3CCOCC3)C2=O)cc1Br. The minimum atomic E-state index is -0.367. The van der Waals surface area contributed by atoms with Gasteiger partial charge in [-0.15, -0.1) is 0 Å². The molecule has 0 atom stereocenters. The van der Waals surface area contributed by atoms with Crippen molar-refractivity contribution in [3.8, 4) is 11.5 Å². The average molecular weight is 530 g/mol. The third-order valence-corrected chi connectivity index (χ3v) is 6.30. The van der Waals surface area contributed by atoms with Crippen LogP contribution >= 0.6 is 15.9 Å². The van der Waals surface area contributed by atoms with Crippen molar-refractivity contribution in [3.05, 3.63) is 58.3 Å². The lowest BCUT2D eigenvalue weighted by Crippen LogP contribution is -2.44. The van der Waals surface area contributed by atoms with E-state index in [-0.39, 0.29) is 24.1 Å². The van der Waals surface area contributed by atoms with Gasteiger partial charge in [-0.05, 0) is 64.8 Å². The standard InChI is InChI=1S/C25H28BrN3O5/c1-32-21-8-7-18(15-19(21)26)16-23-25(31)29(20-5-2-3-6-22(20)34-23)17-24(30)27-9-4-10-28-11-13-33-14-12-28/h2-3,5-8,15-16H,4,9-14,17H2,1H3,(H,27,30)/b23-16-. The molecule has 4 rings (SSSR count). The Morgan fingerprint density at radius 3 is 2.76 bits per heavy atom. The fourth-order valence-electron chi connectivity index (χ4n) is 3.90. The highest BCUT2D eigenvalue weighted by Gasteiger charge is 2.31. The van der Waals surface area contributed by atoms with E-state index in [1.807, 2.05) is 24.3 Å². The molecule has 0 unspecified atom stereocenters. The molecule has 0 saturated carbocycles. The molecule has 9 heteroatoms. The maximum absolute atomic E-state index is 13.3. The number of ether oxygens (including phenoxy) is 3. The lowest BCUT2D eigenvalue weighted by molar-refractivity contribution is -0.123. The molecular formula is C25H28BrN3O5. The molecule has 2 heterocycles. The summed E-state index contributed by atoms with van der Waals surface area (Å²) in [6, 6.07) is 12.7. The van der Waals surface area contributed by atoms with Gasteiger partial charge in [0, 0.05) is 19.6 Å². The predicted octanol–water partition coefficient (Wildman–Crippen LogP) is 3.06. The van der Waals surface area contributed by atoms with Crippen LogP contribution < -0.4 is 19.7 Å². The van der Waals surface area contributed by atoms with Crippen LogP contribution in [0.3, 0.4) is 0 Å². The number of nitrogens with zero attached hydrogens (tertiary/aromatic N) is 2. The van der Waals surface area contributed by atoms with Crippen LogP contribution in [0.4, 0.5) is 5.69 Å². The lowest BCUT2D eigenvalue weighted by Gasteiger charge is -2.30. The van der Waals surface area contributed by atoms with Gasteiger partial charge in [-0.1, -0.05) is 18.2 Å². The molecule has 2 aliphatic heterocycles. The number of amides is 2. The summed E-state index contributed by atoms with van der Waals surface area (Å²) in [5.74, 6) is 0.792. The van der Waals surface area contributed by atoms with E-state index < -0.39 is 0 Å². The first-order valence-electron chi connectivity index (χ1n) is 11.3. The molecular weight excluding hydrogens is 502 g/mol. The van der Waals surface area contributed by atoms with Crippen LogP contribution in [0.15, 0.2) is 52.7 Å². The van der Waals surface area contributed by atoms with Gasteiger partial charge in [0.15, 0.2) is 11.5 Å². The lowest BCUT2D eigenvalue weighted by atomic mass is 10.1. The molecule has 1 N–H and O–H groups in total. The van der Waals surface area contributed by atoms with Crippen molar-refractivity contribution >= 4 is 39.5 Å². The molecule has 8 nitrogen and oxygen atoms in total. The molecule has 0 bridgehead atoms. The molecule has 2 aliphatic rings. The number of nitrogens with one attached hydrogen (secondary N) is 1. The van der Waals surface area contributed by atoms with Gasteiger partial charge in [0.2, 0.25) is 5.91 Å². The van der Waals surface area contributed by atoms with E-state index in [0.717, 1.165) is 49.3 Å². The highest BCUT2D eigenvalue weighted by molar-refractivity contribution is 9.10. The summed E-state index contributed by atoms with van der Waals surface area (Å²) >= 11 is 3.46. The molecule has 0 aromatic heterocycles. The Bertz CT molecular complexity index is 1070. The Hall–Kier alpha value is -2.88. The van der Waals surface area contributed by atoms with Gasteiger partial charge < -0.3 is 19.5 Å². The number of rotatable bonds is 8. The molecule has 180 valence electrons. The number of fused-ring (bicyclic) bond motifs is 1. The Kier molecular flexibility index (Phi) is 8.21. The second-order valence-corrected chi connectivity index (χ2v) is 8.88. The first kappa shape index (κ1) is 24.3. The Balaban J connectivity index is 1.42. The molecule has 2 aromatic carbocycles. The van der Waals surface area contributed by atoms with Gasteiger partial charge in [-0.2, -0.15) is 0 Å². The summed E-state index contributed by atoms with van der Waals surface area (Å²) in [5.41, 5.74) is 1.34. The van der Waals surface area contributed by atoms with E-state index in [1.165, 1.54) is 4.90 Å². The predicted molar refractivity (Wildman–Crippen MR) is 133 cm³/mol. The number of hydrogen-bond donors (Lipinski definition) is 1. The van der Waals surface area contributed by atoms with Crippen LogP contribution in [0.2, 0.25) is 0 Å². The van der Waals surface area contributed by atoms with E-state index >= 15 is 0 Å². The zero-order chi connectivity index (χ0) is 23.9. The molecule has 1 fully saturated rings. The molecule has 2 amide bonds. The number of halogens is 1. The molecule has 0 radical (unpaired) electrons. The van der Waals surface area contributed by atoms with Crippen molar-refractivity contribution in [2.24, 2.45) is 0 Å². The first-order chi connectivity index (χ1) is 16.5. The van der Waals surface area contributed by atoms with Crippen molar-refractivity contribution in [1.29, 1.82) is 0 Å². The highest BCUT2D eigenvalue weighted by Crippen LogP contribution is 2.36. The van der Waals surface area contributed by atoms with Crippen molar-refractivity contribution < 1.29 is 23.8 Å². The number of carbonyl (C=O) groups excluding carboxylic acids is 2. The Morgan fingerprint density at radius 2 is 2.00 bits per heavy atom. The second kappa shape index (κ2) is 11.5. The normalized spacial score (nSPS) is 17.3. The van der Waals surface area contributed by atoms with E-state index in [4.69, 9.17) is 14.2 Å². The smallest absolute Gasteiger partial charge is 0.294 e. The Labute approximate surface area is 207 Å². The van der Waals surface area contributed by atoms with E-state index in [1.54, 1.807) is 31.4 Å². The van der Waals surface area contributed by atoms with E-state index in [9.17, 15) is 9.59 Å². The van der Waals surface area contributed by atoms with Gasteiger partial charge in [-0.3, -0.25) is 19.4 Å². The highest BCUT2D eigenvalue weighted by atomic mass is 79.9. The van der Waals surface area contributed by atoms with Crippen molar-refractivity contribution in [1.82, 2.24) is 10.2 Å². The van der Waals surface area contributed by atoms with Crippen LogP contribution in [0.5, 0.6) is 11.5 Å². The zero-order valence-electron chi connectivity index (χ0n) is 19.1. The summed E-state index contributed by atoms with van der Waals surface area (Å²) in [7, 11) is 1.59. The summed E-state index contributed by atoms with van der Waals surface area (Å²) < 4.78 is 17.3. The summed E-state index contributed by atoms with van der Waals surface area (Å²) in [6.45, 7) is 4.74. The number of morpholine rings is 1. The van der Waals surface area contributed by atoms with Crippen LogP contribution in [0.1, 0.15) is 12.0 Å². The fourth-order valence-corrected chi connectivity index (χ4v) is 4.46. The first-order valence-corrected chi connectivity index (χ1v) is 12.1. The monoisotopic (exact) mass is 529 g/mol. The number of anilines is 1. The second-order valence-electron chi connectivity index (χ2n) is 8.02. The summed E-state index contributed by atoms with van der Waals surface area (Å²) in [4.78, 5) is 29.7. The number of carbonyl (C=O) groups is 2.